The van der Waals surface area contributed by atoms with Crippen LogP contribution in [0.5, 0.6) is 0 Å². The number of rotatable bonds is 20. The molecule has 0 aromatic heterocycles. The Kier molecular flexibility index (Phi) is 17.7. The SMILES string of the molecule is CCC(C)C(C)C(C)C(C)C(=O)NCCC[Si](C)(C)O[Si](C)(C)CCCNC(=O)C(C)C(C)C(C)C(C)CC. The normalized spacial score (nSPS) is 18.8. The van der Waals surface area contributed by atoms with Gasteiger partial charge in [0.2, 0.25) is 11.8 Å². The Balaban J connectivity index is 4.47. The van der Waals surface area contributed by atoms with E-state index in [9.17, 15) is 9.59 Å². The third kappa shape index (κ3) is 14.2. The van der Waals surface area contributed by atoms with Gasteiger partial charge in [0.1, 0.15) is 0 Å². The zero-order valence-electron chi connectivity index (χ0n) is 28.5. The number of nitrogens with one attached hydrogen (secondary N) is 2. The fourth-order valence-electron chi connectivity index (χ4n) is 5.79. The van der Waals surface area contributed by atoms with Crippen molar-refractivity contribution in [3.8, 4) is 0 Å². The molecule has 7 heteroatoms. The molecule has 0 aromatic carbocycles. The van der Waals surface area contributed by atoms with Gasteiger partial charge in [-0.3, -0.25) is 9.59 Å². The molecule has 39 heavy (non-hydrogen) atoms. The minimum atomic E-state index is -1.82. The molecule has 0 heterocycles. The average molecular weight is 585 g/mol. The molecule has 5 nitrogen and oxygen atoms in total. The first-order chi connectivity index (χ1) is 17.9. The Morgan fingerprint density at radius 3 is 1.18 bits per heavy atom. The Morgan fingerprint density at radius 2 is 0.897 bits per heavy atom. The second-order valence-electron chi connectivity index (χ2n) is 14.2. The van der Waals surface area contributed by atoms with E-state index < -0.39 is 16.6 Å². The fourth-order valence-corrected chi connectivity index (χ4v) is 14.6. The molecule has 2 amide bonds. The number of carbonyl (C=O) groups is 2. The first-order valence-corrected chi connectivity index (χ1v) is 22.4. The van der Waals surface area contributed by atoms with Crippen LogP contribution in [0.4, 0.5) is 0 Å². The van der Waals surface area contributed by atoms with Gasteiger partial charge in [0.25, 0.3) is 0 Å². The molecule has 8 unspecified atom stereocenters. The van der Waals surface area contributed by atoms with Gasteiger partial charge in [0.15, 0.2) is 16.6 Å². The van der Waals surface area contributed by atoms with Crippen molar-refractivity contribution < 1.29 is 13.7 Å². The highest BCUT2D eigenvalue weighted by atomic mass is 28.4. The van der Waals surface area contributed by atoms with Crippen LogP contribution < -0.4 is 10.6 Å². The maximum Gasteiger partial charge on any atom is 0.223 e. The van der Waals surface area contributed by atoms with Crippen LogP contribution in [0, 0.1) is 47.3 Å². The van der Waals surface area contributed by atoms with Gasteiger partial charge in [-0.05, 0) is 86.6 Å². The molecule has 0 aliphatic carbocycles. The van der Waals surface area contributed by atoms with Crippen LogP contribution in [0.1, 0.15) is 94.9 Å². The number of hydrogen-bond donors (Lipinski definition) is 2. The Hall–Kier alpha value is -0.666. The van der Waals surface area contributed by atoms with E-state index in [1.165, 1.54) is 0 Å². The highest BCUT2D eigenvalue weighted by Gasteiger charge is 2.33. The van der Waals surface area contributed by atoms with Crippen LogP contribution in [0.2, 0.25) is 38.3 Å². The predicted octanol–water partition coefficient (Wildman–Crippen LogP) is 8.33. The van der Waals surface area contributed by atoms with Crippen molar-refractivity contribution >= 4 is 28.4 Å². The highest BCUT2D eigenvalue weighted by molar-refractivity contribution is 6.84. The first-order valence-electron chi connectivity index (χ1n) is 16.2. The summed E-state index contributed by atoms with van der Waals surface area (Å²) in [5.41, 5.74) is 0. The molecular weight excluding hydrogens is 517 g/mol. The summed E-state index contributed by atoms with van der Waals surface area (Å²) < 4.78 is 6.80. The molecule has 0 saturated heterocycles. The van der Waals surface area contributed by atoms with Gasteiger partial charge in [0, 0.05) is 24.9 Å². The molecule has 232 valence electrons. The van der Waals surface area contributed by atoms with E-state index in [2.05, 4.69) is 106 Å². The monoisotopic (exact) mass is 584 g/mol. The third-order valence-corrected chi connectivity index (χ3v) is 17.7. The summed E-state index contributed by atoms with van der Waals surface area (Å²) in [5.74, 6) is 3.57. The van der Waals surface area contributed by atoms with E-state index in [1.807, 2.05) is 0 Å². The summed E-state index contributed by atoms with van der Waals surface area (Å²) in [4.78, 5) is 25.5. The summed E-state index contributed by atoms with van der Waals surface area (Å²) in [6, 6.07) is 2.11. The van der Waals surface area contributed by atoms with E-state index in [-0.39, 0.29) is 23.7 Å². The van der Waals surface area contributed by atoms with Crippen LogP contribution >= 0.6 is 0 Å². The lowest BCUT2D eigenvalue weighted by Crippen LogP contribution is -2.45. The van der Waals surface area contributed by atoms with E-state index >= 15 is 0 Å². The fraction of sp³-hybridized carbons (Fsp3) is 0.938. The van der Waals surface area contributed by atoms with Gasteiger partial charge >= 0.3 is 0 Å². The van der Waals surface area contributed by atoms with Gasteiger partial charge in [-0.2, -0.15) is 0 Å². The number of carbonyl (C=O) groups excluding carboxylic acids is 2. The maximum atomic E-state index is 12.7. The quantitative estimate of drug-likeness (QED) is 0.112. The molecule has 0 saturated carbocycles. The average Bonchev–Trinajstić information content (AvgIpc) is 2.88. The summed E-state index contributed by atoms with van der Waals surface area (Å²) >= 11 is 0. The number of hydrogen-bond acceptors (Lipinski definition) is 3. The van der Waals surface area contributed by atoms with Crippen molar-refractivity contribution in [3.63, 3.8) is 0 Å². The molecule has 0 fully saturated rings. The standard InChI is InChI=1S/C32H68N2O3Si2/c1-15-23(3)25(5)27(7)29(9)31(35)33-19-17-21-38(11,12)37-39(13,14)22-18-20-34-32(36)30(10)28(8)26(6)24(4)16-2/h23-30H,15-22H2,1-14H3,(H,33,35)(H,34,36). The second kappa shape index (κ2) is 18.0. The van der Waals surface area contributed by atoms with Gasteiger partial charge < -0.3 is 14.7 Å². The van der Waals surface area contributed by atoms with Gasteiger partial charge in [0.05, 0.1) is 0 Å². The summed E-state index contributed by atoms with van der Waals surface area (Å²) in [7, 11) is -3.63. The van der Waals surface area contributed by atoms with Crippen molar-refractivity contribution in [2.45, 2.75) is 133 Å². The Morgan fingerprint density at radius 1 is 0.590 bits per heavy atom. The van der Waals surface area contributed by atoms with Crippen LogP contribution in [0.25, 0.3) is 0 Å². The van der Waals surface area contributed by atoms with Crippen molar-refractivity contribution in [2.24, 2.45) is 47.3 Å². The van der Waals surface area contributed by atoms with Crippen molar-refractivity contribution in [2.75, 3.05) is 13.1 Å². The zero-order valence-corrected chi connectivity index (χ0v) is 30.5. The number of amides is 2. The predicted molar refractivity (Wildman–Crippen MR) is 175 cm³/mol. The molecule has 0 bridgehead atoms. The highest BCUT2D eigenvalue weighted by Crippen LogP contribution is 2.30. The van der Waals surface area contributed by atoms with Gasteiger partial charge in [-0.25, -0.2) is 0 Å². The second-order valence-corrected chi connectivity index (χ2v) is 23.1. The minimum Gasteiger partial charge on any atom is -0.455 e. The van der Waals surface area contributed by atoms with Crippen molar-refractivity contribution in [1.29, 1.82) is 0 Å². The molecule has 0 spiro atoms. The van der Waals surface area contributed by atoms with E-state index in [1.54, 1.807) is 0 Å². The van der Waals surface area contributed by atoms with Crippen molar-refractivity contribution in [1.82, 2.24) is 10.6 Å². The molecular formula is C32H68N2O3Si2. The van der Waals surface area contributed by atoms with Crippen LogP contribution in [-0.4, -0.2) is 41.5 Å². The van der Waals surface area contributed by atoms with E-state index in [0.717, 1.165) is 50.9 Å². The van der Waals surface area contributed by atoms with Gasteiger partial charge in [-0.15, -0.1) is 0 Å². The topological polar surface area (TPSA) is 67.4 Å². The Bertz CT molecular complexity index is 658. The zero-order chi connectivity index (χ0) is 30.6. The van der Waals surface area contributed by atoms with Crippen LogP contribution in [-0.2, 0) is 13.7 Å². The molecule has 0 aliphatic heterocycles. The molecule has 0 aliphatic rings. The van der Waals surface area contributed by atoms with Crippen LogP contribution in [0.15, 0.2) is 0 Å². The summed E-state index contributed by atoms with van der Waals surface area (Å²) in [6.07, 6.45) is 4.26. The minimum absolute atomic E-state index is 0.0387. The lowest BCUT2D eigenvalue weighted by Gasteiger charge is -2.34. The third-order valence-electron chi connectivity index (χ3n) is 10.2. The molecule has 0 radical (unpaired) electrons. The van der Waals surface area contributed by atoms with Crippen molar-refractivity contribution in [3.05, 3.63) is 0 Å². The maximum absolute atomic E-state index is 12.7. The molecule has 0 aromatic rings. The Labute approximate surface area is 246 Å². The molecule has 8 atom stereocenters. The molecule has 2 N–H and O–H groups in total. The summed E-state index contributed by atoms with van der Waals surface area (Å²) in [6.45, 7) is 32.9. The largest absolute Gasteiger partial charge is 0.455 e. The van der Waals surface area contributed by atoms with E-state index in [4.69, 9.17) is 4.12 Å². The first kappa shape index (κ1) is 38.3. The smallest absolute Gasteiger partial charge is 0.223 e. The lowest BCUT2D eigenvalue weighted by atomic mass is 9.77. The van der Waals surface area contributed by atoms with Gasteiger partial charge in [-0.1, -0.05) is 82.1 Å². The lowest BCUT2D eigenvalue weighted by molar-refractivity contribution is -0.127. The van der Waals surface area contributed by atoms with E-state index in [0.29, 0.717) is 35.5 Å². The van der Waals surface area contributed by atoms with Crippen LogP contribution in [0.3, 0.4) is 0 Å². The molecule has 0 rings (SSSR count). The summed E-state index contributed by atoms with van der Waals surface area (Å²) in [5, 5.41) is 6.39.